The highest BCUT2D eigenvalue weighted by Gasteiger charge is 2.02. The monoisotopic (exact) mass is 149 g/mol. The predicted molar refractivity (Wildman–Crippen MR) is 42.4 cm³/mol. The lowest BCUT2D eigenvalue weighted by molar-refractivity contribution is 1.04. The number of hydrogen-bond donors (Lipinski definition) is 2. The first kappa shape index (κ1) is 7.52. The molecule has 0 atom stereocenters. The number of hydrogen-bond acceptors (Lipinski definition) is 3. The zero-order chi connectivity index (χ0) is 7.40. The van der Waals surface area contributed by atoms with Gasteiger partial charge in [-0.1, -0.05) is 0 Å². The molecule has 1 rings (SSSR count). The SMILES string of the molecule is N=C1C=CC(=N[NH][Al])CC1. The van der Waals surface area contributed by atoms with Crippen molar-refractivity contribution in [1.82, 2.24) is 4.41 Å². The topological polar surface area (TPSA) is 48.2 Å². The van der Waals surface area contributed by atoms with Crippen LogP contribution in [-0.2, 0) is 0 Å². The Morgan fingerprint density at radius 2 is 2.30 bits per heavy atom. The summed E-state index contributed by atoms with van der Waals surface area (Å²) in [5, 5.41) is 11.2. The maximum absolute atomic E-state index is 7.24. The van der Waals surface area contributed by atoms with Crippen LogP contribution in [0.5, 0.6) is 0 Å². The molecule has 0 saturated heterocycles. The third-order valence-electron chi connectivity index (χ3n) is 1.34. The van der Waals surface area contributed by atoms with Crippen molar-refractivity contribution in [3.8, 4) is 0 Å². The molecule has 0 saturated carbocycles. The van der Waals surface area contributed by atoms with Crippen molar-refractivity contribution in [3.63, 3.8) is 0 Å². The van der Waals surface area contributed by atoms with E-state index in [1.54, 1.807) is 6.08 Å². The Morgan fingerprint density at radius 3 is 2.80 bits per heavy atom. The molecule has 50 valence electrons. The largest absolute Gasteiger partial charge is 0.420 e. The molecule has 4 heteroatoms. The molecule has 0 aromatic carbocycles. The minimum absolute atomic E-state index is 0.683. The quantitative estimate of drug-likeness (QED) is 0.411. The number of hydrazone groups is 1. The minimum Gasteiger partial charge on any atom is -0.420 e. The van der Waals surface area contributed by atoms with Gasteiger partial charge in [-0.3, -0.25) is 0 Å². The molecule has 0 aromatic rings. The summed E-state index contributed by atoms with van der Waals surface area (Å²) in [5.74, 6) is 0. The van der Waals surface area contributed by atoms with E-state index < -0.39 is 0 Å². The van der Waals surface area contributed by atoms with E-state index in [-0.39, 0.29) is 0 Å². The van der Waals surface area contributed by atoms with Crippen LogP contribution in [0.15, 0.2) is 17.3 Å². The van der Waals surface area contributed by atoms with E-state index in [9.17, 15) is 0 Å². The molecule has 0 unspecified atom stereocenters. The predicted octanol–water partition coefficient (Wildman–Crippen LogP) is 0.385. The molecule has 10 heavy (non-hydrogen) atoms. The molecule has 2 N–H and O–H groups in total. The van der Waals surface area contributed by atoms with Crippen LogP contribution in [-0.4, -0.2) is 27.9 Å². The van der Waals surface area contributed by atoms with Gasteiger partial charge < -0.3 is 9.82 Å². The molecule has 3 nitrogen and oxygen atoms in total. The average molecular weight is 149 g/mol. The second-order valence-corrected chi connectivity index (χ2v) is 2.35. The second-order valence-electron chi connectivity index (χ2n) is 2.09. The van der Waals surface area contributed by atoms with Crippen molar-refractivity contribution >= 4 is 27.9 Å². The number of rotatable bonds is 1. The summed E-state index contributed by atoms with van der Waals surface area (Å²) >= 11 is 2.31. The molecular weight excluding hydrogens is 141 g/mol. The van der Waals surface area contributed by atoms with Gasteiger partial charge in [-0.2, -0.15) is 0 Å². The van der Waals surface area contributed by atoms with E-state index in [0.717, 1.165) is 18.6 Å². The van der Waals surface area contributed by atoms with Crippen LogP contribution in [0.3, 0.4) is 0 Å². The molecule has 2 radical (unpaired) electrons. The highest BCUT2D eigenvalue weighted by molar-refractivity contribution is 6.09. The lowest BCUT2D eigenvalue weighted by atomic mass is 10.0. The normalized spacial score (nSPS) is 21.6. The maximum atomic E-state index is 7.24. The zero-order valence-corrected chi connectivity index (χ0v) is 6.75. The molecule has 0 amide bonds. The minimum atomic E-state index is 0.683. The van der Waals surface area contributed by atoms with Gasteiger partial charge >= 0.3 is 16.5 Å². The highest BCUT2D eigenvalue weighted by Crippen LogP contribution is 2.03. The average Bonchev–Trinajstić information content (AvgIpc) is 1.95. The van der Waals surface area contributed by atoms with E-state index >= 15 is 0 Å². The molecule has 0 heterocycles. The highest BCUT2D eigenvalue weighted by atomic mass is 27.1. The van der Waals surface area contributed by atoms with E-state index in [1.807, 2.05) is 6.08 Å². The van der Waals surface area contributed by atoms with Crippen LogP contribution in [0.25, 0.3) is 0 Å². The first-order chi connectivity index (χ1) is 4.83. The maximum Gasteiger partial charge on any atom is 0.338 e. The molecule has 0 spiro atoms. The fourth-order valence-corrected chi connectivity index (χ4v) is 0.968. The van der Waals surface area contributed by atoms with Crippen molar-refractivity contribution in [3.05, 3.63) is 12.2 Å². The Balaban J connectivity index is 2.61. The van der Waals surface area contributed by atoms with Gasteiger partial charge in [0.25, 0.3) is 0 Å². The zero-order valence-electron chi connectivity index (χ0n) is 5.59. The molecule has 0 bridgehead atoms. The number of nitrogens with zero attached hydrogens (tertiary/aromatic N) is 1. The van der Waals surface area contributed by atoms with E-state index in [4.69, 9.17) is 5.41 Å². The Morgan fingerprint density at radius 1 is 1.50 bits per heavy atom. The van der Waals surface area contributed by atoms with E-state index in [2.05, 4.69) is 26.0 Å². The van der Waals surface area contributed by atoms with Crippen molar-refractivity contribution < 1.29 is 0 Å². The van der Waals surface area contributed by atoms with Crippen molar-refractivity contribution in [2.45, 2.75) is 12.8 Å². The van der Waals surface area contributed by atoms with E-state index in [0.29, 0.717) is 5.71 Å². The van der Waals surface area contributed by atoms with Crippen LogP contribution >= 0.6 is 0 Å². The van der Waals surface area contributed by atoms with Crippen LogP contribution in [0.4, 0.5) is 0 Å². The fourth-order valence-electron chi connectivity index (χ4n) is 0.802. The Labute approximate surface area is 68.3 Å². The third kappa shape index (κ3) is 1.98. The Hall–Kier alpha value is -0.588. The van der Waals surface area contributed by atoms with Gasteiger partial charge in [0, 0.05) is 5.71 Å². The smallest absolute Gasteiger partial charge is 0.338 e. The first-order valence-corrected chi connectivity index (χ1v) is 3.68. The van der Waals surface area contributed by atoms with Gasteiger partial charge in [-0.05, 0) is 25.0 Å². The second kappa shape index (κ2) is 3.55. The van der Waals surface area contributed by atoms with Gasteiger partial charge in [-0.15, -0.1) is 0 Å². The first-order valence-electron chi connectivity index (χ1n) is 3.10. The van der Waals surface area contributed by atoms with Crippen LogP contribution in [0, 0.1) is 5.41 Å². The van der Waals surface area contributed by atoms with Crippen molar-refractivity contribution in [2.75, 3.05) is 0 Å². The van der Waals surface area contributed by atoms with Gasteiger partial charge in [0.15, 0.2) is 0 Å². The van der Waals surface area contributed by atoms with Gasteiger partial charge in [0.1, 0.15) is 0 Å². The standard InChI is InChI=1S/C6H8N3.Al/c7-5-1-3-6(9-8)4-2-5;/h1,3,7-8H,2,4H2;/q-1;+1. The Kier molecular flexibility index (Phi) is 2.67. The number of nitrogens with one attached hydrogen (secondary N) is 2. The number of allylic oxidation sites excluding steroid dienone is 2. The lowest BCUT2D eigenvalue weighted by Gasteiger charge is -2.06. The summed E-state index contributed by atoms with van der Waals surface area (Å²) in [6.45, 7) is 0. The summed E-state index contributed by atoms with van der Waals surface area (Å²) in [4.78, 5) is 0. The van der Waals surface area contributed by atoms with Crippen molar-refractivity contribution in [1.29, 1.82) is 5.41 Å². The van der Waals surface area contributed by atoms with Gasteiger partial charge in [-0.25, -0.2) is 5.10 Å². The molecule has 1 aliphatic carbocycles. The molecule has 0 aromatic heterocycles. The summed E-state index contributed by atoms with van der Waals surface area (Å²) < 4.78 is 2.64. The van der Waals surface area contributed by atoms with Crippen molar-refractivity contribution in [2.24, 2.45) is 5.10 Å². The summed E-state index contributed by atoms with van der Waals surface area (Å²) in [6.07, 6.45) is 5.33. The molecule has 0 fully saturated rings. The molecule has 0 aliphatic heterocycles. The fraction of sp³-hybridized carbons (Fsp3) is 0.333. The van der Waals surface area contributed by atoms with Crippen LogP contribution < -0.4 is 4.41 Å². The molecule has 1 aliphatic rings. The Bertz CT molecular complexity index is 195. The lowest BCUT2D eigenvalue weighted by Crippen LogP contribution is -2.10. The van der Waals surface area contributed by atoms with Crippen LogP contribution in [0.2, 0.25) is 0 Å². The van der Waals surface area contributed by atoms with Gasteiger partial charge in [0.2, 0.25) is 0 Å². The van der Waals surface area contributed by atoms with Crippen LogP contribution in [0.1, 0.15) is 12.8 Å². The van der Waals surface area contributed by atoms with E-state index in [1.165, 1.54) is 0 Å². The summed E-state index contributed by atoms with van der Waals surface area (Å²) in [6, 6.07) is 0. The summed E-state index contributed by atoms with van der Waals surface area (Å²) in [7, 11) is 0. The third-order valence-corrected chi connectivity index (χ3v) is 1.46. The molecular formula is C6H8AlN3. The van der Waals surface area contributed by atoms with Gasteiger partial charge in [0.05, 0.1) is 5.71 Å². The summed E-state index contributed by atoms with van der Waals surface area (Å²) in [5.41, 5.74) is 1.69.